The van der Waals surface area contributed by atoms with Gasteiger partial charge in [-0.15, -0.1) is 0 Å². The van der Waals surface area contributed by atoms with Crippen molar-refractivity contribution in [1.82, 2.24) is 25.3 Å². The predicted molar refractivity (Wildman–Crippen MR) is 125 cm³/mol. The fourth-order valence-corrected chi connectivity index (χ4v) is 3.64. The first-order valence-corrected chi connectivity index (χ1v) is 10.4. The van der Waals surface area contributed by atoms with Crippen molar-refractivity contribution in [2.24, 2.45) is 0 Å². The highest BCUT2D eigenvalue weighted by molar-refractivity contribution is 6.06. The Balaban J connectivity index is 1.50. The Morgan fingerprint density at radius 3 is 2.76 bits per heavy atom. The molecule has 0 aliphatic rings. The molecule has 0 saturated heterocycles. The van der Waals surface area contributed by atoms with Crippen molar-refractivity contribution in [3.63, 3.8) is 0 Å². The van der Waals surface area contributed by atoms with Gasteiger partial charge in [0.15, 0.2) is 0 Å². The van der Waals surface area contributed by atoms with Crippen LogP contribution in [0.5, 0.6) is 5.88 Å². The number of aliphatic hydroxyl groups is 1. The summed E-state index contributed by atoms with van der Waals surface area (Å²) >= 11 is 0. The number of hydrogen-bond acceptors (Lipinski definition) is 8. The third kappa shape index (κ3) is 4.73. The molecule has 9 nitrogen and oxygen atoms in total. The highest BCUT2D eigenvalue weighted by Crippen LogP contribution is 2.24. The second-order valence-electron chi connectivity index (χ2n) is 7.27. The van der Waals surface area contributed by atoms with Crippen molar-refractivity contribution in [3.05, 3.63) is 71.8 Å². The van der Waals surface area contributed by atoms with Crippen LogP contribution >= 0.6 is 0 Å². The average molecular weight is 444 g/mol. The number of carbonyl (C=O) groups is 1. The number of aliphatic hydroxyl groups excluding tert-OH is 1. The molecule has 9 heteroatoms. The Morgan fingerprint density at radius 1 is 1.09 bits per heavy atom. The third-order valence-corrected chi connectivity index (χ3v) is 5.28. The summed E-state index contributed by atoms with van der Waals surface area (Å²) in [5.41, 5.74) is 4.47. The number of benzene rings is 1. The summed E-state index contributed by atoms with van der Waals surface area (Å²) < 4.78 is 5.16. The molecule has 0 bridgehead atoms. The number of rotatable bonds is 8. The summed E-state index contributed by atoms with van der Waals surface area (Å²) in [5.74, 6) is 0.918. The van der Waals surface area contributed by atoms with Crippen LogP contribution < -0.4 is 15.4 Å². The molecule has 1 amide bonds. The summed E-state index contributed by atoms with van der Waals surface area (Å²) in [6.07, 6.45) is 5.48. The maximum atomic E-state index is 12.2. The molecule has 0 spiro atoms. The molecule has 4 rings (SSSR count). The van der Waals surface area contributed by atoms with Crippen LogP contribution in [0.1, 0.15) is 21.5 Å². The maximum absolute atomic E-state index is 12.2. The Hall–Kier alpha value is -4.11. The second kappa shape index (κ2) is 10.0. The molecule has 0 atom stereocenters. The van der Waals surface area contributed by atoms with Crippen molar-refractivity contribution in [3.8, 4) is 17.1 Å². The average Bonchev–Trinajstić information content (AvgIpc) is 2.87. The van der Waals surface area contributed by atoms with E-state index in [9.17, 15) is 9.90 Å². The molecule has 3 heterocycles. The van der Waals surface area contributed by atoms with E-state index >= 15 is 0 Å². The Kier molecular flexibility index (Phi) is 6.70. The van der Waals surface area contributed by atoms with Crippen LogP contribution in [0.3, 0.4) is 0 Å². The molecule has 0 unspecified atom stereocenters. The van der Waals surface area contributed by atoms with Gasteiger partial charge < -0.3 is 20.5 Å². The number of nitrogens with one attached hydrogen (secondary N) is 2. The number of para-hydroxylation sites is 1. The first-order chi connectivity index (χ1) is 16.1. The molecule has 168 valence electrons. The molecule has 0 fully saturated rings. The molecule has 3 aromatic heterocycles. The van der Waals surface area contributed by atoms with Crippen molar-refractivity contribution in [1.29, 1.82) is 0 Å². The van der Waals surface area contributed by atoms with Crippen molar-refractivity contribution in [2.75, 3.05) is 26.0 Å². The van der Waals surface area contributed by atoms with E-state index in [-0.39, 0.29) is 12.5 Å². The van der Waals surface area contributed by atoms with Gasteiger partial charge in [-0.3, -0.25) is 9.78 Å². The lowest BCUT2D eigenvalue weighted by molar-refractivity contribution is 0.0964. The van der Waals surface area contributed by atoms with Gasteiger partial charge in [-0.05, 0) is 24.1 Å². The topological polar surface area (TPSA) is 122 Å². The van der Waals surface area contributed by atoms with E-state index in [0.717, 1.165) is 22.0 Å². The maximum Gasteiger partial charge on any atom is 0.251 e. The lowest BCUT2D eigenvalue weighted by Gasteiger charge is -2.11. The molecule has 0 aliphatic heterocycles. The molecule has 4 aromatic rings. The summed E-state index contributed by atoms with van der Waals surface area (Å²) in [4.78, 5) is 29.5. The fourth-order valence-electron chi connectivity index (χ4n) is 3.64. The molecular weight excluding hydrogens is 420 g/mol. The molecular formula is C24H24N6O3. The van der Waals surface area contributed by atoms with E-state index < -0.39 is 0 Å². The van der Waals surface area contributed by atoms with Crippen molar-refractivity contribution in [2.45, 2.75) is 13.0 Å². The van der Waals surface area contributed by atoms with E-state index in [4.69, 9.17) is 4.74 Å². The van der Waals surface area contributed by atoms with Crippen molar-refractivity contribution < 1.29 is 14.6 Å². The summed E-state index contributed by atoms with van der Waals surface area (Å²) in [5, 5.41) is 16.4. The first kappa shape index (κ1) is 22.1. The van der Waals surface area contributed by atoms with Gasteiger partial charge in [0.25, 0.3) is 5.91 Å². The molecule has 0 saturated carbocycles. The van der Waals surface area contributed by atoms with Gasteiger partial charge in [-0.25, -0.2) is 15.0 Å². The smallest absolute Gasteiger partial charge is 0.251 e. The number of aromatic nitrogens is 4. The standard InChI is InChI=1S/C24H24N6O3/c1-25-23(32)19-7-9-27-22-15(4-3-5-18(19)22)6-8-26-21-11-20(29-14-30-21)16-10-17(13-31)24(33-2)28-12-16/h3-5,7,9-12,14,31H,6,8,13H2,1-2H3,(H,25,32)(H,26,29,30). The van der Waals surface area contributed by atoms with Crippen LogP contribution in [0.15, 0.2) is 55.1 Å². The number of carbonyl (C=O) groups excluding carboxylic acids is 1. The zero-order chi connectivity index (χ0) is 23.2. The highest BCUT2D eigenvalue weighted by atomic mass is 16.5. The number of fused-ring (bicyclic) bond motifs is 1. The lowest BCUT2D eigenvalue weighted by Crippen LogP contribution is -2.18. The summed E-state index contributed by atoms with van der Waals surface area (Å²) in [7, 11) is 3.13. The van der Waals surface area contributed by atoms with Crippen LogP contribution in [0, 0.1) is 0 Å². The molecule has 33 heavy (non-hydrogen) atoms. The van der Waals surface area contributed by atoms with Crippen LogP contribution in [-0.2, 0) is 13.0 Å². The van der Waals surface area contributed by atoms with Crippen LogP contribution in [0.4, 0.5) is 5.82 Å². The zero-order valence-electron chi connectivity index (χ0n) is 18.4. The monoisotopic (exact) mass is 444 g/mol. The van der Waals surface area contributed by atoms with E-state index in [1.54, 1.807) is 31.6 Å². The van der Waals surface area contributed by atoms with Gasteiger partial charge in [-0.2, -0.15) is 0 Å². The van der Waals surface area contributed by atoms with Crippen LogP contribution in [-0.4, -0.2) is 51.7 Å². The Morgan fingerprint density at radius 2 is 1.97 bits per heavy atom. The van der Waals surface area contributed by atoms with Gasteiger partial charge in [0.1, 0.15) is 12.1 Å². The van der Waals surface area contributed by atoms with Gasteiger partial charge in [0.2, 0.25) is 5.88 Å². The van der Waals surface area contributed by atoms with Gasteiger partial charge in [0, 0.05) is 48.6 Å². The highest BCUT2D eigenvalue weighted by Gasteiger charge is 2.12. The van der Waals surface area contributed by atoms with Gasteiger partial charge >= 0.3 is 0 Å². The first-order valence-electron chi connectivity index (χ1n) is 10.4. The van der Waals surface area contributed by atoms with Gasteiger partial charge in [0.05, 0.1) is 30.5 Å². The SMILES string of the molecule is CNC(=O)c1ccnc2c(CCNc3cc(-c4cnc(OC)c(CO)c4)ncn3)cccc12. The molecule has 1 aromatic carbocycles. The van der Waals surface area contributed by atoms with Gasteiger partial charge in [-0.1, -0.05) is 18.2 Å². The third-order valence-electron chi connectivity index (χ3n) is 5.28. The second-order valence-corrected chi connectivity index (χ2v) is 7.27. The lowest BCUT2D eigenvalue weighted by atomic mass is 10.0. The number of ether oxygens (including phenoxy) is 1. The van der Waals surface area contributed by atoms with E-state index in [2.05, 4.69) is 30.6 Å². The number of amides is 1. The predicted octanol–water partition coefficient (Wildman–Crippen LogP) is 2.60. The van der Waals surface area contributed by atoms with Crippen molar-refractivity contribution >= 4 is 22.6 Å². The Bertz CT molecular complexity index is 1290. The number of pyridine rings is 2. The minimum atomic E-state index is -0.180. The number of nitrogens with zero attached hydrogens (tertiary/aromatic N) is 4. The van der Waals surface area contributed by atoms with Crippen LogP contribution in [0.25, 0.3) is 22.2 Å². The number of methoxy groups -OCH3 is 1. The molecule has 3 N–H and O–H groups in total. The quantitative estimate of drug-likeness (QED) is 0.379. The minimum absolute atomic E-state index is 0.136. The molecule has 0 aliphatic carbocycles. The normalized spacial score (nSPS) is 10.8. The van der Waals surface area contributed by atoms with E-state index in [1.165, 1.54) is 13.4 Å². The molecule has 0 radical (unpaired) electrons. The fraction of sp³-hybridized carbons (Fsp3) is 0.208. The summed E-state index contributed by atoms with van der Waals surface area (Å²) in [6.45, 7) is 0.436. The number of anilines is 1. The summed E-state index contributed by atoms with van der Waals surface area (Å²) in [6, 6.07) is 11.2. The van der Waals surface area contributed by atoms with Crippen LogP contribution in [0.2, 0.25) is 0 Å². The minimum Gasteiger partial charge on any atom is -0.481 e. The number of hydrogen-bond donors (Lipinski definition) is 3. The van der Waals surface area contributed by atoms with E-state index in [0.29, 0.717) is 41.5 Å². The zero-order valence-corrected chi connectivity index (χ0v) is 18.4. The Labute approximate surface area is 190 Å². The largest absolute Gasteiger partial charge is 0.481 e. The van der Waals surface area contributed by atoms with E-state index in [1.807, 2.05) is 24.3 Å².